The first-order valence-corrected chi connectivity index (χ1v) is 7.19. The highest BCUT2D eigenvalue weighted by Crippen LogP contribution is 2.38. The van der Waals surface area contributed by atoms with Crippen LogP contribution in [0.3, 0.4) is 0 Å². The van der Waals surface area contributed by atoms with Crippen molar-refractivity contribution in [3.63, 3.8) is 0 Å². The largest absolute Gasteiger partial charge is 0.425 e. The number of fused-ring (bicyclic) bond motifs is 3. The first-order chi connectivity index (χ1) is 9.20. The smallest absolute Gasteiger partial charge is 0.308 e. The molecule has 0 saturated carbocycles. The van der Waals surface area contributed by atoms with Gasteiger partial charge >= 0.3 is 5.97 Å². The van der Waals surface area contributed by atoms with Gasteiger partial charge in [0.1, 0.15) is 5.75 Å². The van der Waals surface area contributed by atoms with Crippen LogP contribution in [0.1, 0.15) is 6.92 Å². The van der Waals surface area contributed by atoms with E-state index in [1.54, 1.807) is 11.8 Å². The molecule has 96 valence electrons. The minimum absolute atomic E-state index is 0.300. The number of ether oxygens (including phenoxy) is 1. The average molecular weight is 271 g/mol. The zero-order valence-electron chi connectivity index (χ0n) is 10.7. The third kappa shape index (κ3) is 1.98. The summed E-state index contributed by atoms with van der Waals surface area (Å²) in [6.45, 7) is 1.42. The van der Waals surface area contributed by atoms with Gasteiger partial charge in [0.05, 0.1) is 10.4 Å². The van der Waals surface area contributed by atoms with Gasteiger partial charge < -0.3 is 9.72 Å². The SMILES string of the molecule is CSc1c(OC(C)=O)ccc2c1[nH]c1ccccc12. The summed E-state index contributed by atoms with van der Waals surface area (Å²) in [6.07, 6.45) is 1.98. The number of hydrogen-bond acceptors (Lipinski definition) is 3. The Bertz CT molecular complexity index is 776. The minimum atomic E-state index is -0.300. The Balaban J connectivity index is 2.33. The fourth-order valence-corrected chi connectivity index (χ4v) is 2.99. The van der Waals surface area contributed by atoms with Crippen LogP contribution in [-0.2, 0) is 4.79 Å². The highest BCUT2D eigenvalue weighted by atomic mass is 32.2. The number of H-pyrrole nitrogens is 1. The molecule has 1 heterocycles. The molecule has 0 fully saturated rings. The van der Waals surface area contributed by atoms with Crippen molar-refractivity contribution in [1.29, 1.82) is 0 Å². The van der Waals surface area contributed by atoms with E-state index in [0.717, 1.165) is 21.3 Å². The first-order valence-electron chi connectivity index (χ1n) is 5.96. The maximum absolute atomic E-state index is 11.1. The van der Waals surface area contributed by atoms with Gasteiger partial charge in [-0.3, -0.25) is 4.79 Å². The van der Waals surface area contributed by atoms with E-state index in [1.165, 1.54) is 12.3 Å². The summed E-state index contributed by atoms with van der Waals surface area (Å²) in [7, 11) is 0. The quantitative estimate of drug-likeness (QED) is 0.435. The monoisotopic (exact) mass is 271 g/mol. The molecule has 0 aliphatic carbocycles. The molecule has 0 radical (unpaired) electrons. The molecule has 3 rings (SSSR count). The number of benzene rings is 2. The number of hydrogen-bond donors (Lipinski definition) is 1. The van der Waals surface area contributed by atoms with Crippen LogP contribution < -0.4 is 4.74 Å². The number of thioether (sulfide) groups is 1. The van der Waals surface area contributed by atoms with Gasteiger partial charge in [0.15, 0.2) is 0 Å². The number of nitrogens with one attached hydrogen (secondary N) is 1. The molecule has 0 atom stereocenters. The molecular weight excluding hydrogens is 258 g/mol. The molecule has 2 aromatic carbocycles. The van der Waals surface area contributed by atoms with Crippen LogP contribution in [0, 0.1) is 0 Å². The number of rotatable bonds is 2. The van der Waals surface area contributed by atoms with Crippen LogP contribution in [0.2, 0.25) is 0 Å². The summed E-state index contributed by atoms with van der Waals surface area (Å²) in [5.41, 5.74) is 2.11. The van der Waals surface area contributed by atoms with Gasteiger partial charge in [0.2, 0.25) is 0 Å². The zero-order valence-corrected chi connectivity index (χ0v) is 11.5. The lowest BCUT2D eigenvalue weighted by Gasteiger charge is -2.07. The molecule has 0 unspecified atom stereocenters. The summed E-state index contributed by atoms with van der Waals surface area (Å²) in [5.74, 6) is 0.310. The second-order valence-corrected chi connectivity index (χ2v) is 5.10. The van der Waals surface area contributed by atoms with Crippen LogP contribution in [-0.4, -0.2) is 17.2 Å². The average Bonchev–Trinajstić information content (AvgIpc) is 2.76. The molecule has 3 aromatic rings. The number of aromatic amines is 1. The van der Waals surface area contributed by atoms with Gasteiger partial charge in [0, 0.05) is 23.2 Å². The van der Waals surface area contributed by atoms with E-state index in [1.807, 2.05) is 36.6 Å². The van der Waals surface area contributed by atoms with E-state index in [-0.39, 0.29) is 5.97 Å². The number of esters is 1. The molecule has 19 heavy (non-hydrogen) atoms. The third-order valence-electron chi connectivity index (χ3n) is 3.06. The Morgan fingerprint density at radius 2 is 1.95 bits per heavy atom. The van der Waals surface area contributed by atoms with Crippen LogP contribution in [0.15, 0.2) is 41.3 Å². The Morgan fingerprint density at radius 1 is 1.16 bits per heavy atom. The highest BCUT2D eigenvalue weighted by Gasteiger charge is 2.13. The van der Waals surface area contributed by atoms with Crippen molar-refractivity contribution < 1.29 is 9.53 Å². The minimum Gasteiger partial charge on any atom is -0.425 e. The molecular formula is C15H13NO2S. The molecule has 0 spiro atoms. The van der Waals surface area contributed by atoms with E-state index >= 15 is 0 Å². The topological polar surface area (TPSA) is 42.1 Å². The number of carbonyl (C=O) groups excluding carboxylic acids is 1. The lowest BCUT2D eigenvalue weighted by molar-refractivity contribution is -0.132. The van der Waals surface area contributed by atoms with Crippen molar-refractivity contribution in [1.82, 2.24) is 4.98 Å². The van der Waals surface area contributed by atoms with E-state index < -0.39 is 0 Å². The Hall–Kier alpha value is -1.94. The summed E-state index contributed by atoms with van der Waals surface area (Å²) < 4.78 is 5.26. The molecule has 0 saturated heterocycles. The number of para-hydroxylation sites is 1. The lowest BCUT2D eigenvalue weighted by atomic mass is 10.1. The van der Waals surface area contributed by atoms with E-state index in [4.69, 9.17) is 4.74 Å². The molecule has 0 amide bonds. The summed E-state index contributed by atoms with van der Waals surface area (Å²) >= 11 is 1.57. The summed E-state index contributed by atoms with van der Waals surface area (Å²) in [6, 6.07) is 12.0. The zero-order chi connectivity index (χ0) is 13.4. The molecule has 4 heteroatoms. The lowest BCUT2D eigenvalue weighted by Crippen LogP contribution is -2.02. The van der Waals surface area contributed by atoms with Gasteiger partial charge in [-0.05, 0) is 24.5 Å². The molecule has 3 nitrogen and oxygen atoms in total. The normalized spacial score (nSPS) is 11.1. The van der Waals surface area contributed by atoms with Crippen LogP contribution in [0.25, 0.3) is 21.8 Å². The van der Waals surface area contributed by atoms with Crippen LogP contribution in [0.4, 0.5) is 0 Å². The van der Waals surface area contributed by atoms with Gasteiger partial charge in [-0.25, -0.2) is 0 Å². The second-order valence-electron chi connectivity index (χ2n) is 4.28. The van der Waals surface area contributed by atoms with Crippen molar-refractivity contribution in [3.8, 4) is 5.75 Å². The van der Waals surface area contributed by atoms with Gasteiger partial charge in [0.25, 0.3) is 0 Å². The van der Waals surface area contributed by atoms with Crippen molar-refractivity contribution >= 4 is 39.5 Å². The van der Waals surface area contributed by atoms with Crippen LogP contribution >= 0.6 is 11.8 Å². The standard InChI is InChI=1S/C15H13NO2S/c1-9(17)18-13-8-7-11-10-5-3-4-6-12(10)16-14(11)15(13)19-2/h3-8,16H,1-2H3. The number of aromatic nitrogens is 1. The Morgan fingerprint density at radius 3 is 2.68 bits per heavy atom. The van der Waals surface area contributed by atoms with Gasteiger partial charge in [-0.2, -0.15) is 0 Å². The maximum Gasteiger partial charge on any atom is 0.308 e. The van der Waals surface area contributed by atoms with E-state index in [9.17, 15) is 4.79 Å². The molecule has 1 aromatic heterocycles. The fraction of sp³-hybridized carbons (Fsp3) is 0.133. The Labute approximate surface area is 114 Å². The molecule has 1 N–H and O–H groups in total. The fourth-order valence-electron chi connectivity index (χ4n) is 2.31. The number of carbonyl (C=O) groups is 1. The van der Waals surface area contributed by atoms with Crippen molar-refractivity contribution in [2.45, 2.75) is 11.8 Å². The molecule has 0 aliphatic heterocycles. The predicted molar refractivity (Wildman–Crippen MR) is 78.9 cm³/mol. The Kier molecular flexibility index (Phi) is 2.95. The molecule has 0 bridgehead atoms. The van der Waals surface area contributed by atoms with Crippen molar-refractivity contribution in [2.75, 3.05) is 6.26 Å². The van der Waals surface area contributed by atoms with Crippen LogP contribution in [0.5, 0.6) is 5.75 Å². The predicted octanol–water partition coefficient (Wildman–Crippen LogP) is 3.97. The second kappa shape index (κ2) is 4.63. The summed E-state index contributed by atoms with van der Waals surface area (Å²) in [5, 5.41) is 2.33. The van der Waals surface area contributed by atoms with Gasteiger partial charge in [-0.15, -0.1) is 11.8 Å². The van der Waals surface area contributed by atoms with E-state index in [0.29, 0.717) is 5.75 Å². The molecule has 0 aliphatic rings. The maximum atomic E-state index is 11.1. The highest BCUT2D eigenvalue weighted by molar-refractivity contribution is 7.99. The van der Waals surface area contributed by atoms with Gasteiger partial charge in [-0.1, -0.05) is 18.2 Å². The van der Waals surface area contributed by atoms with E-state index in [2.05, 4.69) is 11.1 Å². The van der Waals surface area contributed by atoms with Crippen molar-refractivity contribution in [3.05, 3.63) is 36.4 Å². The third-order valence-corrected chi connectivity index (χ3v) is 3.87. The first kappa shape index (κ1) is 12.1. The summed E-state index contributed by atoms with van der Waals surface area (Å²) in [4.78, 5) is 15.5. The van der Waals surface area contributed by atoms with Crippen molar-refractivity contribution in [2.24, 2.45) is 0 Å².